The Morgan fingerprint density at radius 2 is 1.19 bits per heavy atom. The molecule has 2 heterocycles. The second-order valence-electron chi connectivity index (χ2n) is 15.3. The van der Waals surface area contributed by atoms with Crippen molar-refractivity contribution < 1.29 is 9.59 Å². The van der Waals surface area contributed by atoms with Gasteiger partial charge in [0, 0.05) is 45.3 Å². The molecule has 0 spiro atoms. The van der Waals surface area contributed by atoms with Crippen molar-refractivity contribution >= 4 is 151 Å². The fourth-order valence-corrected chi connectivity index (χ4v) is 8.87. The Morgan fingerprint density at radius 1 is 0.667 bits per heavy atom. The summed E-state index contributed by atoms with van der Waals surface area (Å²) in [6.07, 6.45) is 5.90. The predicted octanol–water partition coefficient (Wildman–Crippen LogP) is 9.89. The minimum Gasteiger partial charge on any atom is -0.373 e. The van der Waals surface area contributed by atoms with Crippen LogP contribution in [-0.4, -0.2) is 69.1 Å². The van der Waals surface area contributed by atoms with Crippen molar-refractivity contribution in [3.05, 3.63) is 130 Å². The van der Waals surface area contributed by atoms with Gasteiger partial charge in [-0.1, -0.05) is 136 Å². The van der Waals surface area contributed by atoms with Crippen molar-refractivity contribution in [2.75, 3.05) is 47.6 Å². The zero-order valence-corrected chi connectivity index (χ0v) is 40.8. The number of rotatable bonds is 11. The summed E-state index contributed by atoms with van der Waals surface area (Å²) in [5.41, 5.74) is 10.6. The van der Waals surface area contributed by atoms with Gasteiger partial charge < -0.3 is 41.7 Å². The molecule has 3 unspecified atom stereocenters. The molecule has 0 aromatic heterocycles. The first-order chi connectivity index (χ1) is 29.8. The van der Waals surface area contributed by atoms with Crippen LogP contribution in [0.3, 0.4) is 0 Å². The molecule has 6 N–H and O–H groups in total. The van der Waals surface area contributed by atoms with Crippen molar-refractivity contribution in [3.63, 3.8) is 0 Å². The Morgan fingerprint density at radius 3 is 1.79 bits per heavy atom. The molecule has 4 aromatic carbocycles. The average Bonchev–Trinajstić information content (AvgIpc) is 3.55. The number of anilines is 4. The second-order valence-corrected chi connectivity index (χ2v) is 20.8. The topological polar surface area (TPSA) is 113 Å². The normalized spacial score (nSPS) is 15.9. The molecular formula is C45H46Cl6N8O2S2. The first-order valence-corrected chi connectivity index (χ1v) is 23.0. The van der Waals surface area contributed by atoms with Crippen LogP contribution in [0, 0.1) is 13.8 Å². The van der Waals surface area contributed by atoms with Gasteiger partial charge in [0.05, 0.1) is 22.7 Å². The molecule has 0 radical (unpaired) electrons. The fourth-order valence-electron chi connectivity index (χ4n) is 7.76. The molecule has 0 saturated carbocycles. The number of aryl methyl sites for hydroxylation is 2. The summed E-state index contributed by atoms with van der Waals surface area (Å²) in [5.74, 6) is -0.997. The third kappa shape index (κ3) is 12.4. The van der Waals surface area contributed by atoms with Gasteiger partial charge in [-0.3, -0.25) is 9.59 Å². The predicted molar refractivity (Wildman–Crippen MR) is 273 cm³/mol. The minimum atomic E-state index is -1.94. The number of alkyl halides is 6. The fraction of sp³-hybridized carbons (Fsp3) is 0.289. The third-order valence-electron chi connectivity index (χ3n) is 10.8. The number of amides is 2. The molecular weight excluding hydrogens is 961 g/mol. The van der Waals surface area contributed by atoms with Gasteiger partial charge in [0.2, 0.25) is 19.4 Å². The Balaban J connectivity index is 1.12. The number of hydrogen-bond donors (Lipinski definition) is 6. The lowest BCUT2D eigenvalue weighted by Gasteiger charge is -2.31. The van der Waals surface area contributed by atoms with Crippen molar-refractivity contribution in [2.45, 2.75) is 52.5 Å². The maximum absolute atomic E-state index is 13.3. The molecule has 0 aliphatic carbocycles. The SMILES string of the molecule is Cc1ccccc1/C=C/C(=O)NC(NC(=S)Nc1cccc2c1N(C)CC2c1cccc(/C=C/C(=O)NC(NC(=S)Nc2cccc3c2N(C)CCC3)C(Cl)(Cl)Cl)c1C)C(Cl)(Cl)Cl. The van der Waals surface area contributed by atoms with Crippen LogP contribution in [0.5, 0.6) is 0 Å². The molecule has 0 saturated heterocycles. The van der Waals surface area contributed by atoms with Crippen LogP contribution in [0.25, 0.3) is 12.2 Å². The summed E-state index contributed by atoms with van der Waals surface area (Å²) in [7, 11) is 4.03. The Kier molecular flexibility index (Phi) is 16.1. The largest absolute Gasteiger partial charge is 0.373 e. The van der Waals surface area contributed by atoms with Crippen molar-refractivity contribution in [1.29, 1.82) is 0 Å². The van der Waals surface area contributed by atoms with Crippen LogP contribution >= 0.6 is 94.0 Å². The van der Waals surface area contributed by atoms with E-state index < -0.39 is 31.7 Å². The summed E-state index contributed by atoms with van der Waals surface area (Å²) < 4.78 is -3.88. The van der Waals surface area contributed by atoms with Gasteiger partial charge in [0.1, 0.15) is 12.3 Å². The standard InChI is InChI=1S/C45H46Cl6N8O2S2/c1-26-11-5-6-12-28(26)20-22-36(60)54-40(44(46,47)48)57-43(63)53-35-19-9-17-32-33(25-59(4)39(32)35)31-16-7-13-29(27(31)2)21-23-37(61)55-41(45(49,50)51)56-42(62)52-34-18-8-14-30-15-10-24-58(3)38(30)34/h5-9,11-14,16-23,33,40-41H,10,15,24-25H2,1-4H3,(H,54,60)(H,55,61)(H2,52,56,62)(H2,53,57,63)/b22-20+,23-21+. The first-order valence-electron chi connectivity index (χ1n) is 19.9. The number of carbonyl (C=O) groups is 2. The van der Waals surface area contributed by atoms with Crippen molar-refractivity contribution in [3.8, 4) is 0 Å². The summed E-state index contributed by atoms with van der Waals surface area (Å²) in [4.78, 5) is 30.5. The number of likely N-dealkylation sites (N-methyl/N-ethyl adjacent to an activating group) is 1. The number of fused-ring (bicyclic) bond motifs is 2. The molecule has 2 amide bonds. The number of benzene rings is 4. The molecule has 10 nitrogen and oxygen atoms in total. The second kappa shape index (κ2) is 20.9. The molecule has 4 aromatic rings. The maximum Gasteiger partial charge on any atom is 0.245 e. The van der Waals surface area contributed by atoms with E-state index in [9.17, 15) is 9.59 Å². The molecule has 18 heteroatoms. The minimum absolute atomic E-state index is 0.0230. The number of thiocarbonyl (C=S) groups is 2. The number of hydrogen-bond acceptors (Lipinski definition) is 6. The lowest BCUT2D eigenvalue weighted by molar-refractivity contribution is -0.118. The third-order valence-corrected chi connectivity index (χ3v) is 12.6. The number of nitrogens with one attached hydrogen (secondary N) is 6. The molecule has 3 atom stereocenters. The first kappa shape index (κ1) is 48.5. The van der Waals surface area contributed by atoms with E-state index in [1.807, 2.05) is 88.6 Å². The molecule has 0 bridgehead atoms. The number of carbonyl (C=O) groups excluding carboxylic acids is 2. The Labute approximate surface area is 409 Å². The van der Waals surface area contributed by atoms with Crippen LogP contribution in [0.1, 0.15) is 51.3 Å². The summed E-state index contributed by atoms with van der Waals surface area (Å²) in [6, 6.07) is 25.5. The molecule has 2 aliphatic heterocycles. The van der Waals surface area contributed by atoms with Gasteiger partial charge >= 0.3 is 0 Å². The van der Waals surface area contributed by atoms with Crippen LogP contribution in [0.15, 0.2) is 91.0 Å². The van der Waals surface area contributed by atoms with Gasteiger partial charge in [0.15, 0.2) is 10.2 Å². The zero-order chi connectivity index (χ0) is 45.6. The molecule has 63 heavy (non-hydrogen) atoms. The van der Waals surface area contributed by atoms with E-state index in [-0.39, 0.29) is 16.1 Å². The molecule has 0 fully saturated rings. The average molecular weight is 1010 g/mol. The van der Waals surface area contributed by atoms with Crippen molar-refractivity contribution in [2.24, 2.45) is 0 Å². The number of halogens is 6. The maximum atomic E-state index is 13.3. The van der Waals surface area contributed by atoms with Gasteiger partial charge in [-0.05, 0) is 114 Å². The van der Waals surface area contributed by atoms with Gasteiger partial charge in [0.25, 0.3) is 0 Å². The quantitative estimate of drug-likeness (QED) is 0.0376. The van der Waals surface area contributed by atoms with Crippen molar-refractivity contribution in [1.82, 2.24) is 21.3 Å². The summed E-state index contributed by atoms with van der Waals surface area (Å²) in [5, 5.41) is 18.1. The molecule has 2 aliphatic rings. The van der Waals surface area contributed by atoms with Crippen LogP contribution in [0.4, 0.5) is 22.7 Å². The molecule has 332 valence electrons. The van der Waals surface area contributed by atoms with Crippen LogP contribution in [-0.2, 0) is 16.0 Å². The smallest absolute Gasteiger partial charge is 0.245 e. The monoisotopic (exact) mass is 1000 g/mol. The summed E-state index contributed by atoms with van der Waals surface area (Å²) in [6.45, 7) is 5.55. The highest BCUT2D eigenvalue weighted by Crippen LogP contribution is 2.45. The van der Waals surface area contributed by atoms with Gasteiger partial charge in [-0.15, -0.1) is 0 Å². The summed E-state index contributed by atoms with van der Waals surface area (Å²) >= 11 is 49.1. The number of nitrogens with zero attached hydrogens (tertiary/aromatic N) is 2. The van der Waals surface area contributed by atoms with E-state index >= 15 is 0 Å². The molecule has 6 rings (SSSR count). The highest BCUT2D eigenvalue weighted by Gasteiger charge is 2.36. The van der Waals surface area contributed by atoms with E-state index in [1.165, 1.54) is 17.7 Å². The van der Waals surface area contributed by atoms with E-state index in [0.29, 0.717) is 6.54 Å². The highest BCUT2D eigenvalue weighted by molar-refractivity contribution is 7.80. The lowest BCUT2D eigenvalue weighted by atomic mass is 9.88. The lowest BCUT2D eigenvalue weighted by Crippen LogP contribution is -2.55. The highest BCUT2D eigenvalue weighted by atomic mass is 35.6. The van der Waals surface area contributed by atoms with E-state index in [2.05, 4.69) is 59.9 Å². The number of para-hydroxylation sites is 2. The zero-order valence-electron chi connectivity index (χ0n) is 34.7. The van der Waals surface area contributed by atoms with E-state index in [1.54, 1.807) is 12.2 Å². The van der Waals surface area contributed by atoms with Crippen LogP contribution < -0.4 is 41.7 Å². The Hall–Kier alpha value is -3.98. The van der Waals surface area contributed by atoms with Gasteiger partial charge in [-0.2, -0.15) is 0 Å². The van der Waals surface area contributed by atoms with Gasteiger partial charge in [-0.25, -0.2) is 0 Å². The van der Waals surface area contributed by atoms with E-state index in [0.717, 1.165) is 75.5 Å². The Bertz CT molecular complexity index is 2440. The van der Waals surface area contributed by atoms with Crippen LogP contribution in [0.2, 0.25) is 0 Å². The van der Waals surface area contributed by atoms with E-state index in [4.69, 9.17) is 94.0 Å².